The van der Waals surface area contributed by atoms with E-state index in [1.165, 1.54) is 12.1 Å². The second-order valence-corrected chi connectivity index (χ2v) is 2.94. The summed E-state index contributed by atoms with van der Waals surface area (Å²) >= 11 is 0. The third kappa shape index (κ3) is 1.83. The van der Waals surface area contributed by atoms with Crippen molar-refractivity contribution in [3.63, 3.8) is 0 Å². The molecule has 1 aliphatic rings. The molecule has 1 aromatic rings. The van der Waals surface area contributed by atoms with Crippen molar-refractivity contribution >= 4 is 0 Å². The van der Waals surface area contributed by atoms with E-state index >= 15 is 0 Å². The van der Waals surface area contributed by atoms with E-state index in [0.717, 1.165) is 6.07 Å². The highest BCUT2D eigenvalue weighted by Crippen LogP contribution is 2.32. The molecule has 1 saturated heterocycles. The summed E-state index contributed by atoms with van der Waals surface area (Å²) in [5.41, 5.74) is 0.209. The van der Waals surface area contributed by atoms with Gasteiger partial charge in [-0.1, -0.05) is 0 Å². The number of halogens is 3. The Hall–Kier alpha value is -1.03. The van der Waals surface area contributed by atoms with Gasteiger partial charge in [0.25, 0.3) is 6.43 Å². The number of rotatable bonds is 2. The summed E-state index contributed by atoms with van der Waals surface area (Å²) in [6.45, 7) is 0.492. The normalized spacial score (nSPS) is 20.8. The van der Waals surface area contributed by atoms with Crippen molar-refractivity contribution in [2.45, 2.75) is 12.5 Å². The number of hydrogen-bond acceptors (Lipinski definition) is 1. The van der Waals surface area contributed by atoms with Gasteiger partial charge < -0.3 is 4.74 Å². The zero-order valence-electron chi connectivity index (χ0n) is 6.64. The van der Waals surface area contributed by atoms with Crippen LogP contribution in [0.2, 0.25) is 0 Å². The lowest BCUT2D eigenvalue weighted by Gasteiger charge is -2.02. The molecule has 4 heteroatoms. The summed E-state index contributed by atoms with van der Waals surface area (Å²) in [4.78, 5) is 0. The molecular formula is C9H7F3O. The molecule has 1 atom stereocenters. The molecule has 1 fully saturated rings. The number of benzene rings is 1. The Morgan fingerprint density at radius 2 is 2.00 bits per heavy atom. The van der Waals surface area contributed by atoms with Gasteiger partial charge in [0.15, 0.2) is 0 Å². The van der Waals surface area contributed by atoms with Crippen LogP contribution in [0, 0.1) is 5.82 Å². The van der Waals surface area contributed by atoms with Crippen LogP contribution in [0.25, 0.3) is 0 Å². The maximum atomic E-state index is 12.8. The Morgan fingerprint density at radius 3 is 2.54 bits per heavy atom. The van der Waals surface area contributed by atoms with Crippen LogP contribution in [0.1, 0.15) is 23.7 Å². The second-order valence-electron chi connectivity index (χ2n) is 2.94. The lowest BCUT2D eigenvalue weighted by atomic mass is 10.1. The molecule has 70 valence electrons. The van der Waals surface area contributed by atoms with Gasteiger partial charge in [0.1, 0.15) is 11.9 Å². The summed E-state index contributed by atoms with van der Waals surface area (Å²) in [6, 6.07) is 3.35. The van der Waals surface area contributed by atoms with Crippen LogP contribution >= 0.6 is 0 Å². The van der Waals surface area contributed by atoms with Crippen molar-refractivity contribution in [1.82, 2.24) is 0 Å². The minimum atomic E-state index is -2.63. The minimum absolute atomic E-state index is 0.187. The van der Waals surface area contributed by atoms with Crippen LogP contribution in [0.5, 0.6) is 0 Å². The zero-order chi connectivity index (χ0) is 9.42. The first-order valence-electron chi connectivity index (χ1n) is 3.87. The van der Waals surface area contributed by atoms with Gasteiger partial charge in [-0.3, -0.25) is 0 Å². The van der Waals surface area contributed by atoms with Crippen molar-refractivity contribution in [1.29, 1.82) is 0 Å². The number of hydrogen-bond donors (Lipinski definition) is 0. The monoisotopic (exact) mass is 188 g/mol. The minimum Gasteiger partial charge on any atom is -0.368 e. The highest BCUT2D eigenvalue weighted by molar-refractivity contribution is 5.28. The molecule has 0 aromatic heterocycles. The number of ether oxygens (including phenoxy) is 1. The molecule has 0 amide bonds. The summed E-state index contributed by atoms with van der Waals surface area (Å²) in [5.74, 6) is -0.636. The smallest absolute Gasteiger partial charge is 0.263 e. The molecule has 0 aliphatic carbocycles. The first kappa shape index (κ1) is 8.56. The van der Waals surface area contributed by atoms with E-state index in [-0.39, 0.29) is 11.7 Å². The quantitative estimate of drug-likeness (QED) is 0.650. The average Bonchev–Trinajstić information content (AvgIpc) is 2.85. The van der Waals surface area contributed by atoms with Crippen molar-refractivity contribution in [3.8, 4) is 0 Å². The molecule has 1 heterocycles. The third-order valence-corrected chi connectivity index (χ3v) is 1.90. The third-order valence-electron chi connectivity index (χ3n) is 1.90. The van der Waals surface area contributed by atoms with Gasteiger partial charge in [-0.2, -0.15) is 0 Å². The summed E-state index contributed by atoms with van der Waals surface area (Å²) in [7, 11) is 0. The molecule has 0 spiro atoms. The molecule has 1 nitrogen and oxygen atoms in total. The Balaban J connectivity index is 2.36. The van der Waals surface area contributed by atoms with Crippen LogP contribution < -0.4 is 0 Å². The predicted molar refractivity (Wildman–Crippen MR) is 40.1 cm³/mol. The Kier molecular flexibility index (Phi) is 2.00. The molecule has 0 saturated carbocycles. The van der Waals surface area contributed by atoms with Gasteiger partial charge in [0.2, 0.25) is 0 Å². The van der Waals surface area contributed by atoms with Crippen LogP contribution in [0.15, 0.2) is 18.2 Å². The van der Waals surface area contributed by atoms with Crippen molar-refractivity contribution < 1.29 is 17.9 Å². The van der Waals surface area contributed by atoms with Gasteiger partial charge in [0.05, 0.1) is 6.61 Å². The Labute approximate surface area is 73.1 Å². The summed E-state index contributed by atoms with van der Waals surface area (Å²) < 4.78 is 42.1. The fraction of sp³-hybridized carbons (Fsp3) is 0.333. The van der Waals surface area contributed by atoms with E-state index in [2.05, 4.69) is 0 Å². The van der Waals surface area contributed by atoms with E-state index in [0.29, 0.717) is 12.2 Å². The number of alkyl halides is 2. The lowest BCUT2D eigenvalue weighted by Crippen LogP contribution is -1.90. The maximum absolute atomic E-state index is 12.8. The Morgan fingerprint density at radius 1 is 1.31 bits per heavy atom. The first-order chi connectivity index (χ1) is 6.16. The zero-order valence-corrected chi connectivity index (χ0v) is 6.64. The van der Waals surface area contributed by atoms with Crippen LogP contribution in [-0.4, -0.2) is 6.61 Å². The average molecular weight is 188 g/mol. The van der Waals surface area contributed by atoms with Gasteiger partial charge in [-0.25, -0.2) is 13.2 Å². The van der Waals surface area contributed by atoms with Crippen LogP contribution in [-0.2, 0) is 4.74 Å². The molecule has 0 N–H and O–H groups in total. The largest absolute Gasteiger partial charge is 0.368 e. The van der Waals surface area contributed by atoms with E-state index < -0.39 is 12.2 Å². The van der Waals surface area contributed by atoms with Gasteiger partial charge >= 0.3 is 0 Å². The molecule has 2 rings (SSSR count). The fourth-order valence-corrected chi connectivity index (χ4v) is 1.19. The molecule has 1 unspecified atom stereocenters. The van der Waals surface area contributed by atoms with E-state index in [1.54, 1.807) is 0 Å². The molecule has 1 aromatic carbocycles. The van der Waals surface area contributed by atoms with Crippen molar-refractivity contribution in [3.05, 3.63) is 35.1 Å². The highest BCUT2D eigenvalue weighted by atomic mass is 19.3. The molecule has 13 heavy (non-hydrogen) atoms. The van der Waals surface area contributed by atoms with Crippen LogP contribution in [0.4, 0.5) is 13.2 Å². The van der Waals surface area contributed by atoms with Crippen molar-refractivity contribution in [2.75, 3.05) is 6.61 Å². The highest BCUT2D eigenvalue weighted by Gasteiger charge is 2.26. The van der Waals surface area contributed by atoms with Crippen molar-refractivity contribution in [2.24, 2.45) is 0 Å². The topological polar surface area (TPSA) is 12.5 Å². The molecular weight excluding hydrogens is 181 g/mol. The van der Waals surface area contributed by atoms with E-state index in [1.807, 2.05) is 0 Å². The SMILES string of the molecule is Fc1cc(C(F)F)cc(C2CO2)c1. The number of epoxide rings is 1. The molecule has 0 bridgehead atoms. The van der Waals surface area contributed by atoms with Gasteiger partial charge in [-0.05, 0) is 23.8 Å². The Bertz CT molecular complexity index is 300. The van der Waals surface area contributed by atoms with E-state index in [4.69, 9.17) is 4.74 Å². The summed E-state index contributed by atoms with van der Waals surface area (Å²) in [5, 5.41) is 0. The lowest BCUT2D eigenvalue weighted by molar-refractivity contribution is 0.150. The van der Waals surface area contributed by atoms with E-state index in [9.17, 15) is 13.2 Å². The predicted octanol–water partition coefficient (Wildman–Crippen LogP) is 2.83. The molecule has 0 radical (unpaired) electrons. The standard InChI is InChI=1S/C9H7F3O/c10-7-2-5(8-4-13-8)1-6(3-7)9(11)12/h1-3,8-9H,4H2. The maximum Gasteiger partial charge on any atom is 0.263 e. The second kappa shape index (κ2) is 3.03. The molecule has 1 aliphatic heterocycles. The van der Waals surface area contributed by atoms with Gasteiger partial charge in [-0.15, -0.1) is 0 Å². The first-order valence-corrected chi connectivity index (χ1v) is 3.87. The fourth-order valence-electron chi connectivity index (χ4n) is 1.19. The van der Waals surface area contributed by atoms with Crippen LogP contribution in [0.3, 0.4) is 0 Å². The summed E-state index contributed by atoms with van der Waals surface area (Å²) in [6.07, 6.45) is -2.82. The van der Waals surface area contributed by atoms with Gasteiger partial charge in [0, 0.05) is 5.56 Å².